The van der Waals surface area contributed by atoms with Crippen LogP contribution in [0.5, 0.6) is 0 Å². The van der Waals surface area contributed by atoms with E-state index >= 15 is 0 Å². The summed E-state index contributed by atoms with van der Waals surface area (Å²) in [6.45, 7) is 3.73. The number of allylic oxidation sites excluding steroid dienone is 2. The summed E-state index contributed by atoms with van der Waals surface area (Å²) in [5.41, 5.74) is 2.76. The molecule has 1 aliphatic heterocycles. The van der Waals surface area contributed by atoms with Gasteiger partial charge in [-0.25, -0.2) is 0 Å². The van der Waals surface area contributed by atoms with Crippen LogP contribution in [0.4, 0.5) is 5.69 Å². The van der Waals surface area contributed by atoms with Crippen LogP contribution in [0.2, 0.25) is 0 Å². The molecule has 4 heteroatoms. The first-order chi connectivity index (χ1) is 15.0. The van der Waals surface area contributed by atoms with Gasteiger partial charge in [-0.3, -0.25) is 9.79 Å². The largest absolute Gasteiger partial charge is 0.453 e. The van der Waals surface area contributed by atoms with Gasteiger partial charge in [0, 0.05) is 42.8 Å². The van der Waals surface area contributed by atoms with Crippen molar-refractivity contribution in [2.24, 2.45) is 4.99 Å². The van der Waals surface area contributed by atoms with Gasteiger partial charge in [-0.15, -0.1) is 0 Å². The second kappa shape index (κ2) is 8.84. The summed E-state index contributed by atoms with van der Waals surface area (Å²) in [5, 5.41) is 0. The number of hydrogen-bond donors (Lipinski definition) is 0. The normalized spacial score (nSPS) is 16.5. The average molecular weight is 409 g/mol. The number of benzene rings is 3. The fourth-order valence-electron chi connectivity index (χ4n) is 3.30. The molecule has 4 nitrogen and oxygen atoms in total. The van der Waals surface area contributed by atoms with Gasteiger partial charge >= 0.3 is 0 Å². The molecule has 0 N–H and O–H groups in total. The molecule has 0 spiro atoms. The maximum atomic E-state index is 12.9. The number of ether oxygens (including phenoxy) is 2. The maximum Gasteiger partial charge on any atom is 0.245 e. The van der Waals surface area contributed by atoms with Crippen molar-refractivity contribution in [3.05, 3.63) is 120 Å². The van der Waals surface area contributed by atoms with Crippen molar-refractivity contribution in [1.82, 2.24) is 0 Å². The first-order valence-electron chi connectivity index (χ1n) is 10.1. The first kappa shape index (κ1) is 20.4. The summed E-state index contributed by atoms with van der Waals surface area (Å²) >= 11 is 0. The molecule has 0 atom stereocenters. The standard InChI is InChI=1S/C27H23NO3/c1-27(2)30-22(19-25(31-27)20-11-5-3-6-12-20)17-18-28-24-16-10-9-15-23(24)26(29)21-13-7-4-8-14-21/h3-19H,1-2H3. The van der Waals surface area contributed by atoms with E-state index in [1.807, 2.05) is 86.7 Å². The molecule has 3 aromatic carbocycles. The molecule has 0 unspecified atom stereocenters. The van der Waals surface area contributed by atoms with E-state index in [9.17, 15) is 4.79 Å². The van der Waals surface area contributed by atoms with E-state index in [1.165, 1.54) is 0 Å². The molecule has 1 heterocycles. The molecule has 3 aromatic rings. The zero-order valence-corrected chi connectivity index (χ0v) is 17.5. The SMILES string of the molecule is CC1(C)OC(=CC=Nc2ccccc2C(=O)c2ccccc2)C=C(c2ccccc2)O1. The Morgan fingerprint density at radius 1 is 0.839 bits per heavy atom. The van der Waals surface area contributed by atoms with Gasteiger partial charge in [0.25, 0.3) is 0 Å². The van der Waals surface area contributed by atoms with Crippen LogP contribution >= 0.6 is 0 Å². The Kier molecular flexibility index (Phi) is 5.80. The van der Waals surface area contributed by atoms with E-state index in [4.69, 9.17) is 9.47 Å². The molecule has 0 aromatic heterocycles. The van der Waals surface area contributed by atoms with Crippen LogP contribution in [-0.4, -0.2) is 17.8 Å². The fraction of sp³-hybridized carbons (Fsp3) is 0.111. The van der Waals surface area contributed by atoms with Gasteiger partial charge in [0.15, 0.2) is 5.78 Å². The molecule has 0 saturated heterocycles. The van der Waals surface area contributed by atoms with Crippen molar-refractivity contribution in [2.45, 2.75) is 19.6 Å². The van der Waals surface area contributed by atoms with Gasteiger partial charge in [-0.05, 0) is 18.2 Å². The molecule has 31 heavy (non-hydrogen) atoms. The van der Waals surface area contributed by atoms with Crippen LogP contribution in [0, 0.1) is 0 Å². The van der Waals surface area contributed by atoms with Crippen molar-refractivity contribution < 1.29 is 14.3 Å². The predicted octanol–water partition coefficient (Wildman–Crippen LogP) is 6.33. The van der Waals surface area contributed by atoms with Gasteiger partial charge in [0.05, 0.1) is 5.69 Å². The number of aliphatic imine (C=N–C) groups is 1. The van der Waals surface area contributed by atoms with Crippen LogP contribution in [0.25, 0.3) is 5.76 Å². The zero-order valence-electron chi connectivity index (χ0n) is 17.5. The zero-order chi connectivity index (χ0) is 21.7. The van der Waals surface area contributed by atoms with Gasteiger partial charge in [-0.2, -0.15) is 0 Å². The number of rotatable bonds is 5. The quantitative estimate of drug-likeness (QED) is 0.365. The molecule has 0 amide bonds. The summed E-state index contributed by atoms with van der Waals surface area (Å²) in [7, 11) is 0. The number of ketones is 1. The lowest BCUT2D eigenvalue weighted by Crippen LogP contribution is -2.30. The predicted molar refractivity (Wildman–Crippen MR) is 123 cm³/mol. The minimum atomic E-state index is -0.805. The second-order valence-electron chi connectivity index (χ2n) is 7.54. The summed E-state index contributed by atoms with van der Waals surface area (Å²) < 4.78 is 11.9. The number of carbonyl (C=O) groups excluding carboxylic acids is 1. The molecule has 0 saturated carbocycles. The van der Waals surface area contributed by atoms with Crippen molar-refractivity contribution in [3.8, 4) is 0 Å². The van der Waals surface area contributed by atoms with E-state index in [1.54, 1.807) is 30.5 Å². The van der Waals surface area contributed by atoms with Crippen LogP contribution < -0.4 is 0 Å². The van der Waals surface area contributed by atoms with E-state index in [0.717, 1.165) is 11.3 Å². The summed E-state index contributed by atoms with van der Waals surface area (Å²) in [6.07, 6.45) is 5.26. The molecular weight excluding hydrogens is 386 g/mol. The summed E-state index contributed by atoms with van der Waals surface area (Å²) in [4.78, 5) is 17.4. The third-order valence-electron chi connectivity index (χ3n) is 4.69. The first-order valence-corrected chi connectivity index (χ1v) is 10.1. The fourth-order valence-corrected chi connectivity index (χ4v) is 3.30. The van der Waals surface area contributed by atoms with Crippen molar-refractivity contribution in [1.29, 1.82) is 0 Å². The lowest BCUT2D eigenvalue weighted by molar-refractivity contribution is -0.149. The number of para-hydroxylation sites is 1. The smallest absolute Gasteiger partial charge is 0.245 e. The molecular formula is C27H23NO3. The minimum Gasteiger partial charge on any atom is -0.453 e. The van der Waals surface area contributed by atoms with E-state index in [2.05, 4.69) is 4.99 Å². The van der Waals surface area contributed by atoms with E-state index < -0.39 is 5.79 Å². The molecule has 0 fully saturated rings. The van der Waals surface area contributed by atoms with Crippen LogP contribution in [0.1, 0.15) is 35.3 Å². The van der Waals surface area contributed by atoms with Gasteiger partial charge < -0.3 is 9.47 Å². The van der Waals surface area contributed by atoms with Gasteiger partial charge in [0.1, 0.15) is 11.5 Å². The van der Waals surface area contributed by atoms with Gasteiger partial charge in [0.2, 0.25) is 5.79 Å². The lowest BCUT2D eigenvalue weighted by atomic mass is 10.0. The lowest BCUT2D eigenvalue weighted by Gasteiger charge is -2.33. The Bertz CT molecular complexity index is 1160. The molecule has 0 aliphatic carbocycles. The molecule has 0 bridgehead atoms. The van der Waals surface area contributed by atoms with Crippen LogP contribution in [-0.2, 0) is 9.47 Å². The average Bonchev–Trinajstić information content (AvgIpc) is 2.79. The Hall–Kier alpha value is -3.92. The maximum absolute atomic E-state index is 12.9. The highest BCUT2D eigenvalue weighted by atomic mass is 16.7. The van der Waals surface area contributed by atoms with Crippen LogP contribution in [0.15, 0.2) is 108 Å². The molecule has 154 valence electrons. The number of carbonyl (C=O) groups is 1. The van der Waals surface area contributed by atoms with Crippen molar-refractivity contribution in [2.75, 3.05) is 0 Å². The molecule has 4 rings (SSSR count). The second-order valence-corrected chi connectivity index (χ2v) is 7.54. The topological polar surface area (TPSA) is 47.9 Å². The monoisotopic (exact) mass is 409 g/mol. The van der Waals surface area contributed by atoms with Gasteiger partial charge in [-0.1, -0.05) is 72.8 Å². The van der Waals surface area contributed by atoms with E-state index in [-0.39, 0.29) is 5.78 Å². The Morgan fingerprint density at radius 3 is 2.23 bits per heavy atom. The molecule has 0 radical (unpaired) electrons. The number of nitrogens with zero attached hydrogens (tertiary/aromatic N) is 1. The molecule has 1 aliphatic rings. The third-order valence-corrected chi connectivity index (χ3v) is 4.69. The third kappa shape index (κ3) is 4.98. The highest BCUT2D eigenvalue weighted by molar-refractivity contribution is 6.12. The highest BCUT2D eigenvalue weighted by Crippen LogP contribution is 2.32. The van der Waals surface area contributed by atoms with Crippen molar-refractivity contribution >= 4 is 23.4 Å². The Labute approximate surface area is 182 Å². The van der Waals surface area contributed by atoms with E-state index in [0.29, 0.717) is 22.6 Å². The highest BCUT2D eigenvalue weighted by Gasteiger charge is 2.28. The summed E-state index contributed by atoms with van der Waals surface area (Å²) in [5.74, 6) is 0.499. The summed E-state index contributed by atoms with van der Waals surface area (Å²) in [6, 6.07) is 26.4. The minimum absolute atomic E-state index is 0.0595. The van der Waals surface area contributed by atoms with Crippen molar-refractivity contribution in [3.63, 3.8) is 0 Å². The Morgan fingerprint density at radius 2 is 1.48 bits per heavy atom. The Balaban J connectivity index is 1.61. The van der Waals surface area contributed by atoms with Crippen LogP contribution in [0.3, 0.4) is 0 Å². The number of hydrogen-bond acceptors (Lipinski definition) is 4.